The summed E-state index contributed by atoms with van der Waals surface area (Å²) in [5.41, 5.74) is 7.13. The molecule has 25 heavy (non-hydrogen) atoms. The molecule has 0 unspecified atom stereocenters. The van der Waals surface area contributed by atoms with Gasteiger partial charge in [0.1, 0.15) is 5.60 Å². The summed E-state index contributed by atoms with van der Waals surface area (Å²) in [5.74, 6) is 5.00. The van der Waals surface area contributed by atoms with E-state index >= 15 is 0 Å². The minimum absolute atomic E-state index is 0.0231. The number of hydrogen-bond donors (Lipinski definition) is 3. The van der Waals surface area contributed by atoms with Crippen LogP contribution in [0.25, 0.3) is 0 Å². The third-order valence-corrected chi connectivity index (χ3v) is 3.95. The Kier molecular flexibility index (Phi) is 6.40. The molecule has 2 atom stereocenters. The van der Waals surface area contributed by atoms with Gasteiger partial charge in [0, 0.05) is 18.0 Å². The molecule has 0 saturated heterocycles. The highest BCUT2D eigenvalue weighted by Gasteiger charge is 2.30. The van der Waals surface area contributed by atoms with Gasteiger partial charge in [-0.25, -0.2) is 4.79 Å². The zero-order valence-electron chi connectivity index (χ0n) is 14.2. The fourth-order valence-electron chi connectivity index (χ4n) is 2.72. The quantitative estimate of drug-likeness (QED) is 0.693. The number of nitrogens with two attached hydrogens (primary N) is 1. The Hall–Kier alpha value is -2.55. The maximum Gasteiger partial charge on any atom is 0.371 e. The Balaban J connectivity index is 0.000000236. The van der Waals surface area contributed by atoms with Crippen LogP contribution in [0, 0.1) is 18.8 Å². The van der Waals surface area contributed by atoms with Crippen molar-refractivity contribution in [2.45, 2.75) is 44.2 Å². The normalized spacial score (nSPS) is 22.1. The van der Waals surface area contributed by atoms with Crippen LogP contribution in [0.5, 0.6) is 0 Å². The molecule has 1 aromatic carbocycles. The molecule has 4 N–H and O–H groups in total. The van der Waals surface area contributed by atoms with Crippen molar-refractivity contribution in [3.8, 4) is 11.8 Å². The molecule has 1 aliphatic carbocycles. The minimum atomic E-state index is -1.03. The lowest BCUT2D eigenvalue weighted by atomic mass is 9.82. The summed E-state index contributed by atoms with van der Waals surface area (Å²) >= 11 is 0. The summed E-state index contributed by atoms with van der Waals surface area (Å²) in [6, 6.07) is 11.0. The van der Waals surface area contributed by atoms with E-state index in [9.17, 15) is 9.90 Å². The molecule has 5 nitrogen and oxygen atoms in total. The summed E-state index contributed by atoms with van der Waals surface area (Å²) in [6.07, 6.45) is 4.60. The monoisotopic (exact) mass is 341 g/mol. The average molecular weight is 341 g/mol. The van der Waals surface area contributed by atoms with Gasteiger partial charge in [0.2, 0.25) is 5.76 Å². The first-order chi connectivity index (χ1) is 11.9. The van der Waals surface area contributed by atoms with Crippen molar-refractivity contribution in [1.29, 1.82) is 0 Å². The topological polar surface area (TPSA) is 96.7 Å². The maximum absolute atomic E-state index is 10.3. The molecule has 2 aromatic rings. The summed E-state index contributed by atoms with van der Waals surface area (Å²) in [7, 11) is 0. The predicted octanol–water partition coefficient (Wildman–Crippen LogP) is 2.96. The van der Waals surface area contributed by atoms with Crippen molar-refractivity contribution >= 4 is 5.97 Å². The van der Waals surface area contributed by atoms with E-state index in [-0.39, 0.29) is 11.8 Å². The van der Waals surface area contributed by atoms with Crippen LogP contribution in [0.3, 0.4) is 0 Å². The van der Waals surface area contributed by atoms with Gasteiger partial charge >= 0.3 is 5.97 Å². The van der Waals surface area contributed by atoms with Crippen LogP contribution in [-0.4, -0.2) is 27.8 Å². The smallest absolute Gasteiger partial charge is 0.371 e. The highest BCUT2D eigenvalue weighted by molar-refractivity contribution is 5.84. The van der Waals surface area contributed by atoms with Crippen molar-refractivity contribution in [3.05, 3.63) is 59.5 Å². The van der Waals surface area contributed by atoms with Crippen LogP contribution < -0.4 is 5.73 Å². The number of aromatic carboxylic acids is 1. The van der Waals surface area contributed by atoms with Crippen molar-refractivity contribution in [2.75, 3.05) is 0 Å². The zero-order chi connectivity index (χ0) is 18.3. The number of carboxylic acids is 1. The first-order valence-corrected chi connectivity index (χ1v) is 8.22. The van der Waals surface area contributed by atoms with E-state index in [1.54, 1.807) is 0 Å². The third-order valence-electron chi connectivity index (χ3n) is 3.95. The molecular weight excluding hydrogens is 318 g/mol. The van der Waals surface area contributed by atoms with E-state index in [4.69, 9.17) is 10.8 Å². The highest BCUT2D eigenvalue weighted by atomic mass is 16.4. The van der Waals surface area contributed by atoms with Crippen molar-refractivity contribution < 1.29 is 19.4 Å². The van der Waals surface area contributed by atoms with Crippen LogP contribution in [0.2, 0.25) is 0 Å². The average Bonchev–Trinajstić information content (AvgIpc) is 3.08. The number of aliphatic hydroxyl groups is 1. The van der Waals surface area contributed by atoms with E-state index in [1.165, 1.54) is 24.0 Å². The van der Waals surface area contributed by atoms with Gasteiger partial charge < -0.3 is 20.4 Å². The SMILES string of the molecule is Cc1cccc(C#C[C@]2(O)CCC[C@H](N)C2)c1.O=C(O)c1ccco1. The van der Waals surface area contributed by atoms with Gasteiger partial charge in [-0.3, -0.25) is 0 Å². The van der Waals surface area contributed by atoms with Crippen LogP contribution in [0.1, 0.15) is 47.4 Å². The molecule has 1 heterocycles. The predicted molar refractivity (Wildman–Crippen MR) is 95.1 cm³/mol. The van der Waals surface area contributed by atoms with Crippen LogP contribution in [0.4, 0.5) is 0 Å². The molecule has 0 spiro atoms. The highest BCUT2D eigenvalue weighted by Crippen LogP contribution is 2.26. The van der Waals surface area contributed by atoms with E-state index in [0.717, 1.165) is 24.8 Å². The van der Waals surface area contributed by atoms with E-state index in [0.29, 0.717) is 6.42 Å². The summed E-state index contributed by atoms with van der Waals surface area (Å²) < 4.78 is 4.50. The van der Waals surface area contributed by atoms with Crippen LogP contribution >= 0.6 is 0 Å². The second kappa shape index (κ2) is 8.52. The second-order valence-electron chi connectivity index (χ2n) is 6.29. The summed E-state index contributed by atoms with van der Waals surface area (Å²) in [4.78, 5) is 9.97. The van der Waals surface area contributed by atoms with Gasteiger partial charge in [-0.15, -0.1) is 0 Å². The minimum Gasteiger partial charge on any atom is -0.475 e. The molecule has 1 aliphatic rings. The lowest BCUT2D eigenvalue weighted by Crippen LogP contribution is -2.40. The molecule has 1 aromatic heterocycles. The fourth-order valence-corrected chi connectivity index (χ4v) is 2.72. The van der Waals surface area contributed by atoms with Gasteiger partial charge in [0.05, 0.1) is 6.26 Å². The van der Waals surface area contributed by atoms with Crippen molar-refractivity contribution in [2.24, 2.45) is 5.73 Å². The van der Waals surface area contributed by atoms with Crippen LogP contribution in [-0.2, 0) is 0 Å². The molecule has 1 fully saturated rings. The lowest BCUT2D eigenvalue weighted by molar-refractivity contribution is 0.0532. The molecule has 132 valence electrons. The molecule has 0 aliphatic heterocycles. The van der Waals surface area contributed by atoms with Gasteiger partial charge in [-0.05, 0) is 56.0 Å². The van der Waals surface area contributed by atoms with Gasteiger partial charge in [-0.1, -0.05) is 24.0 Å². The largest absolute Gasteiger partial charge is 0.475 e. The summed E-state index contributed by atoms with van der Waals surface area (Å²) in [5, 5.41) is 18.5. The number of benzene rings is 1. The van der Waals surface area contributed by atoms with Crippen molar-refractivity contribution in [3.63, 3.8) is 0 Å². The molecular formula is C20H23NO4. The van der Waals surface area contributed by atoms with E-state index in [1.807, 2.05) is 31.2 Å². The zero-order valence-corrected chi connectivity index (χ0v) is 14.2. The van der Waals surface area contributed by atoms with Gasteiger partial charge in [0.15, 0.2) is 0 Å². The fraction of sp³-hybridized carbons (Fsp3) is 0.350. The number of aryl methyl sites for hydroxylation is 1. The number of rotatable bonds is 1. The number of furan rings is 1. The molecule has 0 bridgehead atoms. The Morgan fingerprint density at radius 3 is 2.72 bits per heavy atom. The molecule has 1 saturated carbocycles. The second-order valence-corrected chi connectivity index (χ2v) is 6.29. The van der Waals surface area contributed by atoms with E-state index < -0.39 is 11.6 Å². The summed E-state index contributed by atoms with van der Waals surface area (Å²) in [6.45, 7) is 2.04. The van der Waals surface area contributed by atoms with E-state index in [2.05, 4.69) is 16.3 Å². The van der Waals surface area contributed by atoms with Crippen molar-refractivity contribution in [1.82, 2.24) is 0 Å². The number of carbonyl (C=O) groups is 1. The number of carboxylic acid groups (broad SMARTS) is 1. The first-order valence-electron chi connectivity index (χ1n) is 8.22. The molecule has 5 heteroatoms. The first kappa shape index (κ1) is 18.8. The Labute approximate surface area is 147 Å². The standard InChI is InChI=1S/C15H19NO.C5H4O3/c1-12-4-2-5-13(10-12)7-9-15(17)8-3-6-14(16)11-15;6-5(7)4-2-1-3-8-4/h2,4-5,10,14,17H,3,6,8,11,16H2,1H3;1-3H,(H,6,7)/t14-,15+;/m0./s1. The number of hydrogen-bond acceptors (Lipinski definition) is 4. The molecule has 0 radical (unpaired) electrons. The Bertz CT molecular complexity index is 757. The lowest BCUT2D eigenvalue weighted by Gasteiger charge is -2.30. The third kappa shape index (κ3) is 6.11. The maximum atomic E-state index is 10.3. The van der Waals surface area contributed by atoms with Gasteiger partial charge in [0.25, 0.3) is 0 Å². The molecule has 0 amide bonds. The van der Waals surface area contributed by atoms with Gasteiger partial charge in [-0.2, -0.15) is 0 Å². The Morgan fingerprint density at radius 1 is 1.36 bits per heavy atom. The van der Waals surface area contributed by atoms with Crippen LogP contribution in [0.15, 0.2) is 47.1 Å². The molecule has 3 rings (SSSR count). The Morgan fingerprint density at radius 2 is 2.16 bits per heavy atom.